The zero-order valence-corrected chi connectivity index (χ0v) is 34.0. The average Bonchev–Trinajstić information content (AvgIpc) is 3.09. The summed E-state index contributed by atoms with van der Waals surface area (Å²) in [6.45, 7) is 6.38. The molecule has 0 aromatic rings. The average molecular weight is 758 g/mol. The molecule has 0 saturated carbocycles. The van der Waals surface area contributed by atoms with Crippen molar-refractivity contribution in [3.05, 3.63) is 48.6 Å². The third-order valence-electron chi connectivity index (χ3n) is 7.80. The van der Waals surface area contributed by atoms with Gasteiger partial charge < -0.3 is 37.4 Å². The van der Waals surface area contributed by atoms with Gasteiger partial charge in [0, 0.05) is 26.1 Å². The summed E-state index contributed by atoms with van der Waals surface area (Å²) in [7, 11) is 1.11. The van der Waals surface area contributed by atoms with E-state index in [1.165, 1.54) is 0 Å². The Labute approximate surface area is 316 Å². The van der Waals surface area contributed by atoms with Crippen LogP contribution < -0.4 is 4.89 Å². The number of phosphoric acid groups is 1. The molecule has 52 heavy (non-hydrogen) atoms. The van der Waals surface area contributed by atoms with Gasteiger partial charge in [-0.05, 0) is 39.5 Å². The van der Waals surface area contributed by atoms with Crippen molar-refractivity contribution in [1.29, 1.82) is 0 Å². The van der Waals surface area contributed by atoms with Crippen molar-refractivity contribution in [1.82, 2.24) is 0 Å². The molecule has 0 bridgehead atoms. The Hall–Kier alpha value is -2.11. The number of hydrogen-bond donors (Lipinski definition) is 0. The van der Waals surface area contributed by atoms with Gasteiger partial charge in [-0.2, -0.15) is 0 Å². The van der Waals surface area contributed by atoms with Crippen LogP contribution in [0.3, 0.4) is 0 Å². The molecule has 1 unspecified atom stereocenters. The maximum Gasteiger partial charge on any atom is 0.306 e. The van der Waals surface area contributed by atoms with Crippen molar-refractivity contribution in [3.63, 3.8) is 0 Å². The predicted molar refractivity (Wildman–Crippen MR) is 207 cm³/mol. The van der Waals surface area contributed by atoms with Crippen molar-refractivity contribution in [2.45, 2.75) is 123 Å². The Bertz CT molecular complexity index is 1040. The molecule has 2 atom stereocenters. The van der Waals surface area contributed by atoms with Gasteiger partial charge >= 0.3 is 11.9 Å². The van der Waals surface area contributed by atoms with Crippen LogP contribution in [0.2, 0.25) is 0 Å². The SMILES string of the molecule is C/C=C/C=C/COCCCCCCCCCC(=O)OC[C@H](COP(=O)([O-])OCC[N+](C)(C)C)OC(=O)CCCCCCCCCOC/C=C/C=C/C. The van der Waals surface area contributed by atoms with Gasteiger partial charge in [0.25, 0.3) is 7.82 Å². The number of unbranched alkanes of at least 4 members (excludes halogenated alkanes) is 12. The Kier molecular flexibility index (Phi) is 33.2. The van der Waals surface area contributed by atoms with Crippen molar-refractivity contribution in [3.8, 4) is 0 Å². The van der Waals surface area contributed by atoms with E-state index < -0.39 is 32.5 Å². The van der Waals surface area contributed by atoms with Gasteiger partial charge in [0.15, 0.2) is 6.10 Å². The van der Waals surface area contributed by atoms with Gasteiger partial charge in [0.05, 0.1) is 41.0 Å². The van der Waals surface area contributed by atoms with Crippen molar-refractivity contribution in [2.24, 2.45) is 0 Å². The number of phosphoric ester groups is 1. The van der Waals surface area contributed by atoms with E-state index in [-0.39, 0.29) is 26.1 Å². The minimum absolute atomic E-state index is 0.0458. The molecule has 0 aromatic heterocycles. The van der Waals surface area contributed by atoms with E-state index in [1.807, 2.05) is 83.6 Å². The highest BCUT2D eigenvalue weighted by Gasteiger charge is 2.21. The third-order valence-corrected chi connectivity index (χ3v) is 8.77. The number of ether oxygens (including phenoxy) is 4. The first-order chi connectivity index (χ1) is 25.0. The first-order valence-corrected chi connectivity index (χ1v) is 20.9. The van der Waals surface area contributed by atoms with E-state index in [0.717, 1.165) is 90.3 Å². The van der Waals surface area contributed by atoms with Gasteiger partial charge in [-0.15, -0.1) is 0 Å². The van der Waals surface area contributed by atoms with Crippen LogP contribution >= 0.6 is 7.82 Å². The van der Waals surface area contributed by atoms with Crippen molar-refractivity contribution >= 4 is 19.8 Å². The number of carbonyl (C=O) groups excluding carboxylic acids is 2. The van der Waals surface area contributed by atoms with Crippen LogP contribution in [0, 0.1) is 0 Å². The molecule has 0 fully saturated rings. The Morgan fingerprint density at radius 3 is 1.56 bits per heavy atom. The van der Waals surface area contributed by atoms with Gasteiger partial charge in [0.1, 0.15) is 19.8 Å². The lowest BCUT2D eigenvalue weighted by atomic mass is 10.1. The third kappa shape index (κ3) is 37.6. The number of rotatable bonds is 36. The van der Waals surface area contributed by atoms with Crippen LogP contribution in [0.15, 0.2) is 48.6 Å². The molecule has 0 saturated heterocycles. The fraction of sp³-hybridized carbons (Fsp3) is 0.750. The van der Waals surface area contributed by atoms with Crippen LogP contribution in [-0.2, 0) is 42.1 Å². The van der Waals surface area contributed by atoms with E-state index >= 15 is 0 Å². The van der Waals surface area contributed by atoms with E-state index in [1.54, 1.807) is 0 Å². The number of nitrogens with zero attached hydrogens (tertiary/aromatic N) is 1. The van der Waals surface area contributed by atoms with Gasteiger partial charge in [-0.25, -0.2) is 0 Å². The topological polar surface area (TPSA) is 130 Å². The fourth-order valence-corrected chi connectivity index (χ4v) is 5.49. The summed E-state index contributed by atoms with van der Waals surface area (Å²) in [4.78, 5) is 37.4. The minimum Gasteiger partial charge on any atom is -0.756 e. The zero-order valence-electron chi connectivity index (χ0n) is 33.1. The number of likely N-dealkylation sites (N-methyl/N-ethyl adjacent to an activating group) is 1. The maximum atomic E-state index is 12.6. The van der Waals surface area contributed by atoms with E-state index in [4.69, 9.17) is 28.0 Å². The fourth-order valence-electron chi connectivity index (χ4n) is 4.77. The molecule has 0 aliphatic heterocycles. The zero-order chi connectivity index (χ0) is 38.6. The Morgan fingerprint density at radius 1 is 0.615 bits per heavy atom. The molecule has 0 spiro atoms. The summed E-state index contributed by atoms with van der Waals surface area (Å²) in [6.07, 6.45) is 29.2. The van der Waals surface area contributed by atoms with Gasteiger partial charge in [-0.1, -0.05) is 113 Å². The molecule has 0 heterocycles. The molecule has 0 aliphatic rings. The quantitative estimate of drug-likeness (QED) is 0.0203. The summed E-state index contributed by atoms with van der Waals surface area (Å²) < 4.78 is 44.9. The lowest BCUT2D eigenvalue weighted by molar-refractivity contribution is -0.870. The number of esters is 2. The molecule has 0 aromatic carbocycles. The van der Waals surface area contributed by atoms with E-state index in [0.29, 0.717) is 37.1 Å². The summed E-state index contributed by atoms with van der Waals surface area (Å²) in [5.74, 6) is -0.899. The minimum atomic E-state index is -4.64. The van der Waals surface area contributed by atoms with Gasteiger partial charge in [-0.3, -0.25) is 14.2 Å². The number of quaternary nitrogens is 1. The Balaban J connectivity index is 4.39. The van der Waals surface area contributed by atoms with Crippen LogP contribution in [0.4, 0.5) is 0 Å². The lowest BCUT2D eigenvalue weighted by Gasteiger charge is -2.28. The molecule has 12 heteroatoms. The van der Waals surface area contributed by atoms with Gasteiger partial charge in [0.2, 0.25) is 0 Å². The summed E-state index contributed by atoms with van der Waals surface area (Å²) in [6, 6.07) is 0. The smallest absolute Gasteiger partial charge is 0.306 e. The first kappa shape index (κ1) is 49.9. The largest absolute Gasteiger partial charge is 0.756 e. The number of allylic oxidation sites excluding steroid dienone is 6. The van der Waals surface area contributed by atoms with Crippen molar-refractivity contribution < 1.29 is 51.5 Å². The second-order valence-electron chi connectivity index (χ2n) is 13.9. The molecule has 0 aliphatic carbocycles. The standard InChI is InChI=1S/C40H72NO10P/c1-6-8-10-24-31-46-33-26-20-16-12-14-18-22-28-39(42)48-36-38(37-50-52(44,45)49-35-30-41(3,4)5)51-40(43)29-23-19-15-13-17-21-27-34-47-32-25-11-9-7-2/h6-11,24-25,38H,12-23,26-37H2,1-5H3/b8-6+,9-7+,24-10+,25-11+/t38-/m1/s1. The second-order valence-corrected chi connectivity index (χ2v) is 15.3. The molecule has 302 valence electrons. The second kappa shape index (κ2) is 34.6. The molecular weight excluding hydrogens is 685 g/mol. The highest BCUT2D eigenvalue weighted by Crippen LogP contribution is 2.38. The predicted octanol–water partition coefficient (Wildman–Crippen LogP) is 8.19. The molecule has 0 rings (SSSR count). The lowest BCUT2D eigenvalue weighted by Crippen LogP contribution is -2.37. The molecule has 0 amide bonds. The van der Waals surface area contributed by atoms with Crippen LogP contribution in [0.1, 0.15) is 117 Å². The maximum absolute atomic E-state index is 12.6. The van der Waals surface area contributed by atoms with E-state index in [9.17, 15) is 19.0 Å². The monoisotopic (exact) mass is 757 g/mol. The summed E-state index contributed by atoms with van der Waals surface area (Å²) in [5.41, 5.74) is 0. The first-order valence-electron chi connectivity index (χ1n) is 19.5. The summed E-state index contributed by atoms with van der Waals surface area (Å²) >= 11 is 0. The molecule has 0 radical (unpaired) electrons. The molecular formula is C40H72NO10P. The van der Waals surface area contributed by atoms with Crippen LogP contribution in [0.25, 0.3) is 0 Å². The normalized spacial score (nSPS) is 14.2. The number of hydrogen-bond acceptors (Lipinski definition) is 10. The highest BCUT2D eigenvalue weighted by molar-refractivity contribution is 7.45. The van der Waals surface area contributed by atoms with Crippen molar-refractivity contribution in [2.75, 3.05) is 73.9 Å². The highest BCUT2D eigenvalue weighted by atomic mass is 31.2. The molecule has 0 N–H and O–H groups in total. The number of carbonyl (C=O) groups is 2. The van der Waals surface area contributed by atoms with Crippen LogP contribution in [0.5, 0.6) is 0 Å². The Morgan fingerprint density at radius 2 is 1.08 bits per heavy atom. The summed E-state index contributed by atoms with van der Waals surface area (Å²) in [5, 5.41) is 0. The van der Waals surface area contributed by atoms with E-state index in [2.05, 4.69) is 0 Å². The molecule has 11 nitrogen and oxygen atoms in total. The van der Waals surface area contributed by atoms with Crippen LogP contribution in [-0.4, -0.2) is 96.5 Å².